The highest BCUT2D eigenvalue weighted by molar-refractivity contribution is 8.01. The molecule has 4 rings (SSSR count). The topological polar surface area (TPSA) is 96.2 Å². The number of thioether (sulfide) groups is 1. The largest absolute Gasteiger partial charge is 0.399 e. The summed E-state index contributed by atoms with van der Waals surface area (Å²) in [7, 11) is 0. The molecule has 0 saturated carbocycles. The zero-order chi connectivity index (χ0) is 21.1. The lowest BCUT2D eigenvalue weighted by molar-refractivity contribution is -0.115. The molecule has 1 atom stereocenters. The molecule has 0 bridgehead atoms. The lowest BCUT2D eigenvalue weighted by atomic mass is 10.1. The summed E-state index contributed by atoms with van der Waals surface area (Å²) in [6, 6.07) is 20.4. The minimum Gasteiger partial charge on any atom is -0.399 e. The van der Waals surface area contributed by atoms with Gasteiger partial charge in [0.15, 0.2) is 0 Å². The van der Waals surface area contributed by atoms with Gasteiger partial charge in [0.2, 0.25) is 5.91 Å². The van der Waals surface area contributed by atoms with Gasteiger partial charge >= 0.3 is 0 Å². The van der Waals surface area contributed by atoms with Crippen molar-refractivity contribution in [2.24, 2.45) is 0 Å². The Hall–Kier alpha value is -3.10. The minimum absolute atomic E-state index is 0.0524. The molecule has 0 aliphatic carbocycles. The average molecular weight is 437 g/mol. The molecule has 3 aromatic rings. The lowest BCUT2D eigenvalue weighted by Crippen LogP contribution is -2.26. The molecule has 0 aromatic heterocycles. The normalized spacial score (nSPS) is 15.1. The fourth-order valence-electron chi connectivity index (χ4n) is 2.86. The van der Waals surface area contributed by atoms with Gasteiger partial charge < -0.3 is 21.1 Å². The third kappa shape index (κ3) is 4.72. The van der Waals surface area contributed by atoms with E-state index in [0.717, 1.165) is 15.5 Å². The summed E-state index contributed by atoms with van der Waals surface area (Å²) in [5.74, 6) is -0.285. The van der Waals surface area contributed by atoms with Crippen molar-refractivity contribution in [2.75, 3.05) is 21.1 Å². The summed E-state index contributed by atoms with van der Waals surface area (Å²) in [5.41, 5.74) is 9.20. The Morgan fingerprint density at radius 1 is 1.07 bits per heavy atom. The fraction of sp³-hybridized carbons (Fsp3) is 0.0909. The molecule has 0 saturated heterocycles. The van der Waals surface area contributed by atoms with Gasteiger partial charge in [-0.2, -0.15) is 0 Å². The van der Waals surface area contributed by atoms with Gasteiger partial charge in [0.05, 0.1) is 10.9 Å². The maximum absolute atomic E-state index is 12.7. The Morgan fingerprint density at radius 2 is 1.87 bits per heavy atom. The van der Waals surface area contributed by atoms with E-state index < -0.39 is 0 Å². The van der Waals surface area contributed by atoms with Crippen LogP contribution >= 0.6 is 23.7 Å². The number of benzene rings is 3. The van der Waals surface area contributed by atoms with E-state index in [9.17, 15) is 9.59 Å². The quantitative estimate of drug-likeness (QED) is 0.329. The van der Waals surface area contributed by atoms with Crippen LogP contribution in [0.4, 0.5) is 22.7 Å². The number of carbonyl (C=O) groups is 2. The van der Waals surface area contributed by atoms with Crippen molar-refractivity contribution in [3.05, 3.63) is 72.3 Å². The first kappa shape index (κ1) is 20.2. The van der Waals surface area contributed by atoms with E-state index in [1.807, 2.05) is 61.5 Å². The fourth-order valence-corrected chi connectivity index (χ4v) is 4.49. The smallest absolute Gasteiger partial charge is 0.255 e. The van der Waals surface area contributed by atoms with Gasteiger partial charge in [0, 0.05) is 32.4 Å². The van der Waals surface area contributed by atoms with Crippen molar-refractivity contribution in [2.45, 2.75) is 22.0 Å². The van der Waals surface area contributed by atoms with Crippen LogP contribution in [0.25, 0.3) is 0 Å². The van der Waals surface area contributed by atoms with Gasteiger partial charge in [-0.1, -0.05) is 6.07 Å². The SMILES string of the molecule is CC1Sc2ccc(C(=O)Nc3cccc(SNc4ccc(N)cc4)c3)cc2NC1=O. The molecule has 30 heavy (non-hydrogen) atoms. The molecule has 1 heterocycles. The summed E-state index contributed by atoms with van der Waals surface area (Å²) in [5, 5.41) is 5.63. The van der Waals surface area contributed by atoms with Gasteiger partial charge in [-0.15, -0.1) is 11.8 Å². The van der Waals surface area contributed by atoms with E-state index in [2.05, 4.69) is 15.4 Å². The van der Waals surface area contributed by atoms with Crippen molar-refractivity contribution in [1.29, 1.82) is 0 Å². The number of nitrogens with two attached hydrogens (primary N) is 1. The maximum Gasteiger partial charge on any atom is 0.255 e. The molecule has 0 spiro atoms. The van der Waals surface area contributed by atoms with E-state index in [-0.39, 0.29) is 17.1 Å². The van der Waals surface area contributed by atoms with E-state index in [0.29, 0.717) is 22.6 Å². The molecule has 5 N–H and O–H groups in total. The van der Waals surface area contributed by atoms with Crippen LogP contribution in [0, 0.1) is 0 Å². The number of hydrogen-bond acceptors (Lipinski definition) is 6. The van der Waals surface area contributed by atoms with Crippen molar-refractivity contribution in [3.8, 4) is 0 Å². The highest BCUT2D eigenvalue weighted by atomic mass is 32.2. The van der Waals surface area contributed by atoms with Crippen molar-refractivity contribution in [3.63, 3.8) is 0 Å². The predicted octanol–water partition coefficient (Wildman–Crippen LogP) is 5.07. The third-order valence-corrected chi connectivity index (χ3v) is 6.47. The van der Waals surface area contributed by atoms with E-state index in [4.69, 9.17) is 5.73 Å². The van der Waals surface area contributed by atoms with Crippen LogP contribution < -0.4 is 21.1 Å². The Kier molecular flexibility index (Phi) is 5.87. The van der Waals surface area contributed by atoms with E-state index in [1.54, 1.807) is 12.1 Å². The average Bonchev–Trinajstić information content (AvgIpc) is 2.74. The number of amides is 2. The third-order valence-electron chi connectivity index (χ3n) is 4.46. The predicted molar refractivity (Wildman–Crippen MR) is 125 cm³/mol. The van der Waals surface area contributed by atoms with Crippen LogP contribution in [-0.2, 0) is 4.79 Å². The number of nitrogen functional groups attached to an aromatic ring is 1. The molecule has 152 valence electrons. The summed E-state index contributed by atoms with van der Waals surface area (Å²) in [4.78, 5) is 26.5. The first-order valence-electron chi connectivity index (χ1n) is 9.29. The monoisotopic (exact) mass is 436 g/mol. The summed E-state index contributed by atoms with van der Waals surface area (Å²) in [6.07, 6.45) is 0. The standard InChI is InChI=1S/C22H20N4O2S2/c1-13-21(27)25-19-11-14(5-10-20(19)29-13)22(28)24-17-3-2-4-18(12-17)30-26-16-8-6-15(23)7-9-16/h2-13,26H,23H2,1H3,(H,24,28)(H,25,27). The molecule has 0 fully saturated rings. The highest BCUT2D eigenvalue weighted by Gasteiger charge is 2.23. The van der Waals surface area contributed by atoms with Crippen LogP contribution in [0.1, 0.15) is 17.3 Å². The summed E-state index contributed by atoms with van der Waals surface area (Å²) >= 11 is 2.93. The lowest BCUT2D eigenvalue weighted by Gasteiger charge is -2.21. The molecule has 1 aliphatic heterocycles. The molecule has 2 amide bonds. The molecule has 1 unspecified atom stereocenters. The van der Waals surface area contributed by atoms with E-state index in [1.165, 1.54) is 23.7 Å². The van der Waals surface area contributed by atoms with Crippen molar-refractivity contribution in [1.82, 2.24) is 0 Å². The van der Waals surface area contributed by atoms with Gasteiger partial charge in [-0.05, 0) is 79.5 Å². The maximum atomic E-state index is 12.7. The molecular formula is C22H20N4O2S2. The van der Waals surface area contributed by atoms with Crippen molar-refractivity contribution >= 4 is 58.3 Å². The van der Waals surface area contributed by atoms with Crippen LogP contribution in [0.3, 0.4) is 0 Å². The van der Waals surface area contributed by atoms with Gasteiger partial charge in [-0.3, -0.25) is 9.59 Å². The van der Waals surface area contributed by atoms with Gasteiger partial charge in [0.25, 0.3) is 5.91 Å². The first-order chi connectivity index (χ1) is 14.5. The highest BCUT2D eigenvalue weighted by Crippen LogP contribution is 2.36. The molecular weight excluding hydrogens is 416 g/mol. The number of fused-ring (bicyclic) bond motifs is 1. The van der Waals surface area contributed by atoms with Crippen molar-refractivity contribution < 1.29 is 9.59 Å². The van der Waals surface area contributed by atoms with Gasteiger partial charge in [-0.25, -0.2) is 0 Å². The van der Waals surface area contributed by atoms with Crippen LogP contribution in [0.2, 0.25) is 0 Å². The Bertz CT molecular complexity index is 1100. The Labute approximate surface area is 183 Å². The second kappa shape index (κ2) is 8.73. The second-order valence-electron chi connectivity index (χ2n) is 6.77. The molecule has 8 heteroatoms. The summed E-state index contributed by atoms with van der Waals surface area (Å²) in [6.45, 7) is 1.86. The first-order valence-corrected chi connectivity index (χ1v) is 11.0. The second-order valence-corrected chi connectivity index (χ2v) is 9.03. The number of carbonyl (C=O) groups excluding carboxylic acids is 2. The molecule has 1 aliphatic rings. The number of nitrogens with one attached hydrogen (secondary N) is 3. The van der Waals surface area contributed by atoms with Gasteiger partial charge in [0.1, 0.15) is 0 Å². The number of anilines is 4. The zero-order valence-electron chi connectivity index (χ0n) is 16.1. The Balaban J connectivity index is 1.42. The van der Waals surface area contributed by atoms with Crippen LogP contribution in [0.5, 0.6) is 0 Å². The van der Waals surface area contributed by atoms with Crippen LogP contribution in [0.15, 0.2) is 76.5 Å². The van der Waals surface area contributed by atoms with Crippen LogP contribution in [-0.4, -0.2) is 17.1 Å². The van der Waals surface area contributed by atoms with E-state index >= 15 is 0 Å². The minimum atomic E-state index is -0.232. The zero-order valence-corrected chi connectivity index (χ0v) is 17.8. The molecule has 3 aromatic carbocycles. The number of rotatable bonds is 5. The molecule has 0 radical (unpaired) electrons. The summed E-state index contributed by atoms with van der Waals surface area (Å²) < 4.78 is 3.25. The number of hydrogen-bond donors (Lipinski definition) is 4. The Morgan fingerprint density at radius 3 is 2.67 bits per heavy atom. The molecule has 6 nitrogen and oxygen atoms in total.